The molecule has 3 aromatic heterocycles. The first kappa shape index (κ1) is 19.6. The Balaban J connectivity index is 1.49. The van der Waals surface area contributed by atoms with E-state index >= 15 is 0 Å². The van der Waals surface area contributed by atoms with Crippen molar-refractivity contribution >= 4 is 39.1 Å². The van der Waals surface area contributed by atoms with Gasteiger partial charge in [0.15, 0.2) is 5.16 Å². The summed E-state index contributed by atoms with van der Waals surface area (Å²) in [4.78, 5) is 15.0. The van der Waals surface area contributed by atoms with Crippen molar-refractivity contribution in [1.82, 2.24) is 20.1 Å². The number of hydrogen-bond acceptors (Lipinski definition) is 8. The second-order valence-electron chi connectivity index (χ2n) is 6.23. The maximum absolute atomic E-state index is 12.7. The lowest BCUT2D eigenvalue weighted by Crippen LogP contribution is -2.04. The first-order valence-electron chi connectivity index (χ1n) is 8.38. The molecule has 11 heteroatoms. The van der Waals surface area contributed by atoms with Gasteiger partial charge in [0.25, 0.3) is 0 Å². The molecule has 6 nitrogen and oxygen atoms in total. The van der Waals surface area contributed by atoms with Gasteiger partial charge in [-0.1, -0.05) is 29.1 Å². The van der Waals surface area contributed by atoms with Crippen molar-refractivity contribution in [3.63, 3.8) is 0 Å². The highest BCUT2D eigenvalue weighted by Crippen LogP contribution is 2.34. The summed E-state index contributed by atoms with van der Waals surface area (Å²) in [5.74, 6) is 1.26. The predicted octanol–water partition coefficient (Wildman–Crippen LogP) is 5.25. The second kappa shape index (κ2) is 7.30. The van der Waals surface area contributed by atoms with Gasteiger partial charge >= 0.3 is 6.18 Å². The molecule has 0 saturated heterocycles. The zero-order chi connectivity index (χ0) is 20.8. The molecule has 0 amide bonds. The number of nitrogens with zero attached hydrogens (tertiary/aromatic N) is 4. The summed E-state index contributed by atoms with van der Waals surface area (Å²) in [6.45, 7) is 4.00. The molecule has 2 N–H and O–H groups in total. The molecule has 0 unspecified atom stereocenters. The van der Waals surface area contributed by atoms with Crippen molar-refractivity contribution in [3.8, 4) is 11.4 Å². The molecule has 150 valence electrons. The Bertz CT molecular complexity index is 1180. The van der Waals surface area contributed by atoms with Gasteiger partial charge in [-0.15, -0.1) is 11.3 Å². The van der Waals surface area contributed by atoms with Crippen LogP contribution in [0.3, 0.4) is 0 Å². The van der Waals surface area contributed by atoms with Crippen LogP contribution in [0.5, 0.6) is 0 Å². The first-order chi connectivity index (χ1) is 13.7. The molecule has 0 aliphatic heterocycles. The highest BCUT2D eigenvalue weighted by Gasteiger charge is 2.30. The van der Waals surface area contributed by atoms with Crippen LogP contribution < -0.4 is 5.73 Å². The standard InChI is InChI=1S/C18H14F3N5OS2/c1-8-9(2)29-16-13(8)14(22)24-17(25-16)28-7-12-23-15(26-27-12)10-3-5-11(6-4-10)18(19,20)21/h3-6H,7H2,1-2H3,(H2,22,24,25). The van der Waals surface area contributed by atoms with E-state index in [4.69, 9.17) is 10.3 Å². The lowest BCUT2D eigenvalue weighted by atomic mass is 10.1. The highest BCUT2D eigenvalue weighted by atomic mass is 32.2. The Morgan fingerprint density at radius 2 is 1.83 bits per heavy atom. The van der Waals surface area contributed by atoms with Crippen molar-refractivity contribution in [3.05, 3.63) is 46.2 Å². The van der Waals surface area contributed by atoms with E-state index in [0.29, 0.717) is 28.2 Å². The number of halogens is 3. The van der Waals surface area contributed by atoms with Gasteiger partial charge in [0.1, 0.15) is 10.6 Å². The molecule has 29 heavy (non-hydrogen) atoms. The number of aromatic nitrogens is 4. The minimum absolute atomic E-state index is 0.217. The van der Waals surface area contributed by atoms with Crippen molar-refractivity contribution in [2.24, 2.45) is 0 Å². The Kier molecular flexibility index (Phi) is 4.95. The molecule has 4 aromatic rings. The SMILES string of the molecule is Cc1sc2nc(SCc3nc(-c4ccc(C(F)(F)F)cc4)no3)nc(N)c2c1C. The van der Waals surface area contributed by atoms with Crippen molar-refractivity contribution < 1.29 is 17.7 Å². The number of hydrogen-bond donors (Lipinski definition) is 1. The number of fused-ring (bicyclic) bond motifs is 1. The van der Waals surface area contributed by atoms with Gasteiger partial charge in [-0.25, -0.2) is 9.97 Å². The Morgan fingerprint density at radius 3 is 2.52 bits per heavy atom. The average Bonchev–Trinajstić information content (AvgIpc) is 3.24. The lowest BCUT2D eigenvalue weighted by molar-refractivity contribution is -0.137. The molecular formula is C18H14F3N5OS2. The van der Waals surface area contributed by atoms with Gasteiger partial charge in [-0.2, -0.15) is 18.2 Å². The number of benzene rings is 1. The van der Waals surface area contributed by atoms with Crippen molar-refractivity contribution in [1.29, 1.82) is 0 Å². The molecule has 1 aromatic carbocycles. The monoisotopic (exact) mass is 437 g/mol. The van der Waals surface area contributed by atoms with Crippen LogP contribution in [0.1, 0.15) is 21.9 Å². The summed E-state index contributed by atoms with van der Waals surface area (Å²) in [6, 6.07) is 4.58. The molecule has 4 rings (SSSR count). The number of thioether (sulfide) groups is 1. The number of thiophene rings is 1. The molecule has 0 fully saturated rings. The van der Waals surface area contributed by atoms with Crippen LogP contribution in [0.25, 0.3) is 21.6 Å². The number of aryl methyl sites for hydroxylation is 2. The van der Waals surface area contributed by atoms with Crippen LogP contribution in [0.15, 0.2) is 33.9 Å². The van der Waals surface area contributed by atoms with E-state index in [9.17, 15) is 13.2 Å². The van der Waals surface area contributed by atoms with Crippen LogP contribution in [-0.2, 0) is 11.9 Å². The molecule has 3 heterocycles. The van der Waals surface area contributed by atoms with Gasteiger partial charge < -0.3 is 10.3 Å². The fraction of sp³-hybridized carbons (Fsp3) is 0.222. The van der Waals surface area contributed by atoms with Crippen LogP contribution in [0.4, 0.5) is 19.0 Å². The highest BCUT2D eigenvalue weighted by molar-refractivity contribution is 7.98. The molecule has 0 aliphatic carbocycles. The van der Waals surface area contributed by atoms with Gasteiger partial charge in [0.05, 0.1) is 16.7 Å². The summed E-state index contributed by atoms with van der Waals surface area (Å²) in [5, 5.41) is 5.19. The third-order valence-electron chi connectivity index (χ3n) is 4.30. The fourth-order valence-electron chi connectivity index (χ4n) is 2.69. The molecule has 0 spiro atoms. The zero-order valence-corrected chi connectivity index (χ0v) is 16.9. The van der Waals surface area contributed by atoms with Crippen molar-refractivity contribution in [2.75, 3.05) is 5.73 Å². The second-order valence-corrected chi connectivity index (χ2v) is 8.38. The summed E-state index contributed by atoms with van der Waals surface area (Å²) >= 11 is 2.85. The summed E-state index contributed by atoms with van der Waals surface area (Å²) in [7, 11) is 0. The van der Waals surface area contributed by atoms with Crippen LogP contribution in [-0.4, -0.2) is 20.1 Å². The molecule has 0 aliphatic rings. The molecular weight excluding hydrogens is 423 g/mol. The third kappa shape index (κ3) is 3.92. The first-order valence-corrected chi connectivity index (χ1v) is 10.2. The molecule has 0 bridgehead atoms. The van der Waals surface area contributed by atoms with E-state index in [2.05, 4.69) is 20.1 Å². The largest absolute Gasteiger partial charge is 0.416 e. The quantitative estimate of drug-likeness (QED) is 0.344. The number of anilines is 1. The topological polar surface area (TPSA) is 90.7 Å². The summed E-state index contributed by atoms with van der Waals surface area (Å²) in [6.07, 6.45) is -4.39. The average molecular weight is 437 g/mol. The normalized spacial score (nSPS) is 12.0. The van der Waals surface area contributed by atoms with E-state index in [-0.39, 0.29) is 5.82 Å². The number of rotatable bonds is 4. The molecule has 0 saturated carbocycles. The zero-order valence-electron chi connectivity index (χ0n) is 15.2. The third-order valence-corrected chi connectivity index (χ3v) is 6.23. The Labute approximate surface area is 171 Å². The van der Waals surface area contributed by atoms with E-state index in [1.807, 2.05) is 13.8 Å². The van der Waals surface area contributed by atoms with E-state index in [1.54, 1.807) is 11.3 Å². The summed E-state index contributed by atoms with van der Waals surface area (Å²) in [5.41, 5.74) is 6.86. The van der Waals surface area contributed by atoms with E-state index in [0.717, 1.165) is 32.8 Å². The molecule has 0 radical (unpaired) electrons. The van der Waals surface area contributed by atoms with Crippen LogP contribution in [0.2, 0.25) is 0 Å². The van der Waals surface area contributed by atoms with Gasteiger partial charge in [-0.05, 0) is 31.5 Å². The fourth-order valence-corrected chi connectivity index (χ4v) is 4.47. The minimum Gasteiger partial charge on any atom is -0.383 e. The molecule has 0 atom stereocenters. The number of alkyl halides is 3. The number of nitrogen functional groups attached to an aromatic ring is 1. The van der Waals surface area contributed by atoms with Crippen LogP contribution >= 0.6 is 23.1 Å². The number of nitrogens with two attached hydrogens (primary N) is 1. The Hall–Kier alpha value is -2.66. The predicted molar refractivity (Wildman–Crippen MR) is 106 cm³/mol. The van der Waals surface area contributed by atoms with E-state index < -0.39 is 11.7 Å². The van der Waals surface area contributed by atoms with Gasteiger partial charge in [0, 0.05) is 10.4 Å². The van der Waals surface area contributed by atoms with E-state index in [1.165, 1.54) is 23.9 Å². The lowest BCUT2D eigenvalue weighted by Gasteiger charge is -2.05. The van der Waals surface area contributed by atoms with Crippen molar-refractivity contribution in [2.45, 2.75) is 30.9 Å². The maximum Gasteiger partial charge on any atom is 0.416 e. The maximum atomic E-state index is 12.7. The van der Waals surface area contributed by atoms with Gasteiger partial charge in [0.2, 0.25) is 11.7 Å². The Morgan fingerprint density at radius 1 is 1.10 bits per heavy atom. The summed E-state index contributed by atoms with van der Waals surface area (Å²) < 4.78 is 43.2. The van der Waals surface area contributed by atoms with Crippen LogP contribution in [0, 0.1) is 13.8 Å². The van der Waals surface area contributed by atoms with Gasteiger partial charge in [-0.3, -0.25) is 0 Å². The smallest absolute Gasteiger partial charge is 0.383 e. The minimum atomic E-state index is -4.39.